The Labute approximate surface area is 122 Å². The van der Waals surface area contributed by atoms with E-state index in [-0.39, 0.29) is 5.82 Å². The van der Waals surface area contributed by atoms with Crippen LogP contribution in [-0.2, 0) is 0 Å². The fourth-order valence-electron chi connectivity index (χ4n) is 3.46. The molecule has 1 fully saturated rings. The lowest BCUT2D eigenvalue weighted by Crippen LogP contribution is -2.40. The molecule has 3 heteroatoms. The lowest BCUT2D eigenvalue weighted by Gasteiger charge is -2.35. The molecule has 0 radical (unpaired) electrons. The molecule has 1 aliphatic heterocycles. The van der Waals surface area contributed by atoms with E-state index in [4.69, 9.17) is 0 Å². The van der Waals surface area contributed by atoms with Gasteiger partial charge in [0.15, 0.2) is 0 Å². The Hall–Kier alpha value is -0.930. The maximum Gasteiger partial charge on any atom is 0.123 e. The Morgan fingerprint density at radius 2 is 1.80 bits per heavy atom. The van der Waals surface area contributed by atoms with Crippen molar-refractivity contribution in [2.45, 2.75) is 32.7 Å². The number of halogens is 1. The molecular formula is C17H27FN2. The summed E-state index contributed by atoms with van der Waals surface area (Å²) >= 11 is 0. The third-order valence-electron chi connectivity index (χ3n) is 4.30. The van der Waals surface area contributed by atoms with Gasteiger partial charge in [-0.2, -0.15) is 0 Å². The minimum absolute atomic E-state index is 0.165. The third kappa shape index (κ3) is 4.29. The first kappa shape index (κ1) is 15.5. The van der Waals surface area contributed by atoms with E-state index in [0.29, 0.717) is 6.04 Å². The Kier molecular flexibility index (Phi) is 5.55. The van der Waals surface area contributed by atoms with Gasteiger partial charge in [-0.1, -0.05) is 26.0 Å². The molecule has 1 heterocycles. The predicted molar refractivity (Wildman–Crippen MR) is 82.2 cm³/mol. The zero-order chi connectivity index (χ0) is 14.5. The Morgan fingerprint density at radius 1 is 1.20 bits per heavy atom. The topological polar surface area (TPSA) is 15.3 Å². The summed E-state index contributed by atoms with van der Waals surface area (Å²) in [5, 5.41) is 3.35. The summed E-state index contributed by atoms with van der Waals surface area (Å²) in [7, 11) is 1.98. The van der Waals surface area contributed by atoms with Crippen molar-refractivity contribution < 1.29 is 4.39 Å². The summed E-state index contributed by atoms with van der Waals surface area (Å²) in [4.78, 5) is 2.58. The maximum absolute atomic E-state index is 13.0. The van der Waals surface area contributed by atoms with E-state index >= 15 is 0 Å². The molecule has 1 aliphatic rings. The number of nitrogens with zero attached hydrogens (tertiary/aromatic N) is 1. The molecule has 0 spiro atoms. The van der Waals surface area contributed by atoms with Crippen molar-refractivity contribution in [2.75, 3.05) is 26.7 Å². The lowest BCUT2D eigenvalue weighted by atomic mass is 9.91. The Morgan fingerprint density at radius 3 is 2.35 bits per heavy atom. The monoisotopic (exact) mass is 278 g/mol. The van der Waals surface area contributed by atoms with Gasteiger partial charge in [-0.05, 0) is 56.0 Å². The summed E-state index contributed by atoms with van der Waals surface area (Å²) in [5.41, 5.74) is 1.17. The van der Waals surface area contributed by atoms with Crippen LogP contribution in [0.15, 0.2) is 24.3 Å². The molecule has 20 heavy (non-hydrogen) atoms. The first-order chi connectivity index (χ1) is 9.58. The molecule has 112 valence electrons. The first-order valence-corrected chi connectivity index (χ1v) is 7.73. The molecule has 1 N–H and O–H groups in total. The van der Waals surface area contributed by atoms with Crippen LogP contribution in [-0.4, -0.2) is 31.6 Å². The number of likely N-dealkylation sites (tertiary alicyclic amines) is 1. The summed E-state index contributed by atoms with van der Waals surface area (Å²) in [5.74, 6) is 1.44. The molecule has 3 atom stereocenters. The molecule has 2 nitrogen and oxygen atoms in total. The minimum Gasteiger partial charge on any atom is -0.313 e. The molecule has 0 aliphatic carbocycles. The van der Waals surface area contributed by atoms with E-state index in [1.54, 1.807) is 12.1 Å². The summed E-state index contributed by atoms with van der Waals surface area (Å²) in [6.45, 7) is 8.22. The second-order valence-electron chi connectivity index (χ2n) is 6.39. The molecule has 0 bridgehead atoms. The van der Waals surface area contributed by atoms with Crippen molar-refractivity contribution in [3.8, 4) is 0 Å². The highest BCUT2D eigenvalue weighted by Gasteiger charge is 2.22. The molecule has 0 amide bonds. The van der Waals surface area contributed by atoms with E-state index in [1.165, 1.54) is 25.1 Å². The van der Waals surface area contributed by atoms with Crippen LogP contribution in [0.25, 0.3) is 0 Å². The van der Waals surface area contributed by atoms with Gasteiger partial charge in [0, 0.05) is 19.1 Å². The van der Waals surface area contributed by atoms with E-state index in [1.807, 2.05) is 19.2 Å². The third-order valence-corrected chi connectivity index (χ3v) is 4.30. The van der Waals surface area contributed by atoms with E-state index in [9.17, 15) is 4.39 Å². The number of nitrogens with one attached hydrogen (secondary N) is 1. The lowest BCUT2D eigenvalue weighted by molar-refractivity contribution is 0.136. The van der Waals surface area contributed by atoms with Crippen LogP contribution in [0.2, 0.25) is 0 Å². The SMILES string of the molecule is CNC(CCN1CC(C)CC(C)C1)c1ccc(F)cc1. The molecule has 1 aromatic rings. The molecule has 0 saturated carbocycles. The Balaban J connectivity index is 1.89. The van der Waals surface area contributed by atoms with Gasteiger partial charge in [0.1, 0.15) is 5.82 Å². The molecule has 2 rings (SSSR count). The zero-order valence-corrected chi connectivity index (χ0v) is 12.9. The molecule has 1 saturated heterocycles. The van der Waals surface area contributed by atoms with Crippen LogP contribution in [0.1, 0.15) is 38.3 Å². The van der Waals surface area contributed by atoms with Crippen molar-refractivity contribution >= 4 is 0 Å². The van der Waals surface area contributed by atoms with Gasteiger partial charge in [-0.15, -0.1) is 0 Å². The van der Waals surface area contributed by atoms with Gasteiger partial charge in [-0.25, -0.2) is 4.39 Å². The fraction of sp³-hybridized carbons (Fsp3) is 0.647. The van der Waals surface area contributed by atoms with Crippen LogP contribution < -0.4 is 5.32 Å². The number of hydrogen-bond donors (Lipinski definition) is 1. The van der Waals surface area contributed by atoms with Crippen LogP contribution >= 0.6 is 0 Å². The molecule has 3 unspecified atom stereocenters. The smallest absolute Gasteiger partial charge is 0.123 e. The highest BCUT2D eigenvalue weighted by molar-refractivity contribution is 5.19. The number of piperidine rings is 1. The number of benzene rings is 1. The van der Waals surface area contributed by atoms with Crippen molar-refractivity contribution in [3.63, 3.8) is 0 Å². The quantitative estimate of drug-likeness (QED) is 0.887. The second kappa shape index (κ2) is 7.19. The highest BCUT2D eigenvalue weighted by atomic mass is 19.1. The molecule has 0 aromatic heterocycles. The largest absolute Gasteiger partial charge is 0.313 e. The first-order valence-electron chi connectivity index (χ1n) is 7.73. The van der Waals surface area contributed by atoms with Crippen molar-refractivity contribution in [1.82, 2.24) is 10.2 Å². The summed E-state index contributed by atoms with van der Waals surface area (Å²) in [6, 6.07) is 7.17. The minimum atomic E-state index is -0.165. The van der Waals surface area contributed by atoms with Crippen LogP contribution in [0, 0.1) is 17.7 Å². The van der Waals surface area contributed by atoms with Gasteiger partial charge in [0.05, 0.1) is 0 Å². The van der Waals surface area contributed by atoms with Gasteiger partial charge >= 0.3 is 0 Å². The summed E-state index contributed by atoms with van der Waals surface area (Å²) < 4.78 is 13.0. The normalized spacial score (nSPS) is 25.6. The standard InChI is InChI=1S/C17H27FN2/c1-13-10-14(2)12-20(11-13)9-8-17(19-3)15-4-6-16(18)7-5-15/h4-7,13-14,17,19H,8-12H2,1-3H3. The van der Waals surface area contributed by atoms with Gasteiger partial charge in [0.2, 0.25) is 0 Å². The number of rotatable bonds is 5. The molecular weight excluding hydrogens is 251 g/mol. The summed E-state index contributed by atoms with van der Waals surface area (Å²) in [6.07, 6.45) is 2.42. The van der Waals surface area contributed by atoms with Gasteiger partial charge in [-0.3, -0.25) is 0 Å². The zero-order valence-electron chi connectivity index (χ0n) is 12.9. The van der Waals surface area contributed by atoms with E-state index in [2.05, 4.69) is 24.1 Å². The van der Waals surface area contributed by atoms with Gasteiger partial charge in [0.25, 0.3) is 0 Å². The van der Waals surface area contributed by atoms with Crippen molar-refractivity contribution in [3.05, 3.63) is 35.6 Å². The van der Waals surface area contributed by atoms with E-state index < -0.39 is 0 Å². The van der Waals surface area contributed by atoms with Crippen molar-refractivity contribution in [2.24, 2.45) is 11.8 Å². The average Bonchev–Trinajstić information content (AvgIpc) is 2.40. The van der Waals surface area contributed by atoms with Crippen LogP contribution in [0.3, 0.4) is 0 Å². The highest BCUT2D eigenvalue weighted by Crippen LogP contribution is 2.23. The predicted octanol–water partition coefficient (Wildman–Crippen LogP) is 3.45. The average molecular weight is 278 g/mol. The van der Waals surface area contributed by atoms with Crippen LogP contribution in [0.4, 0.5) is 4.39 Å². The van der Waals surface area contributed by atoms with Crippen molar-refractivity contribution in [1.29, 1.82) is 0 Å². The maximum atomic E-state index is 13.0. The number of hydrogen-bond acceptors (Lipinski definition) is 2. The molecule has 1 aromatic carbocycles. The second-order valence-corrected chi connectivity index (χ2v) is 6.39. The Bertz CT molecular complexity index is 394. The van der Waals surface area contributed by atoms with E-state index in [0.717, 1.165) is 24.8 Å². The fourth-order valence-corrected chi connectivity index (χ4v) is 3.46. The van der Waals surface area contributed by atoms with Gasteiger partial charge < -0.3 is 10.2 Å². The van der Waals surface area contributed by atoms with Crippen LogP contribution in [0.5, 0.6) is 0 Å².